The van der Waals surface area contributed by atoms with Crippen molar-refractivity contribution >= 4 is 16.0 Å². The van der Waals surface area contributed by atoms with E-state index in [-0.39, 0.29) is 17.7 Å². The van der Waals surface area contributed by atoms with Crippen LogP contribution in [0.2, 0.25) is 0 Å². The summed E-state index contributed by atoms with van der Waals surface area (Å²) in [6, 6.07) is 6.38. The highest BCUT2D eigenvalue weighted by molar-refractivity contribution is 7.88. The van der Waals surface area contributed by atoms with Crippen LogP contribution in [-0.2, 0) is 10.0 Å². The van der Waals surface area contributed by atoms with E-state index in [0.717, 1.165) is 25.9 Å². The first kappa shape index (κ1) is 23.4. The smallest absolute Gasteiger partial charge is 0.211 e. The Morgan fingerprint density at radius 3 is 2.55 bits per heavy atom. The predicted octanol–water partition coefficient (Wildman–Crippen LogP) is 2.21. The summed E-state index contributed by atoms with van der Waals surface area (Å²) in [5.41, 5.74) is 0. The van der Waals surface area contributed by atoms with E-state index in [1.807, 2.05) is 13.8 Å². The second-order valence-corrected chi connectivity index (χ2v) is 9.27. The molecule has 0 spiro atoms. The van der Waals surface area contributed by atoms with Gasteiger partial charge in [0.1, 0.15) is 6.10 Å². The first-order valence-electron chi connectivity index (χ1n) is 10.2. The fourth-order valence-corrected chi connectivity index (χ4v) is 4.06. The summed E-state index contributed by atoms with van der Waals surface area (Å²) < 4.78 is 44.3. The molecule has 2 rings (SSSR count). The van der Waals surface area contributed by atoms with E-state index in [1.54, 1.807) is 18.2 Å². The van der Waals surface area contributed by atoms with E-state index in [0.29, 0.717) is 37.9 Å². The van der Waals surface area contributed by atoms with E-state index in [9.17, 15) is 12.8 Å². The van der Waals surface area contributed by atoms with Gasteiger partial charge in [0.25, 0.3) is 0 Å². The average molecular weight is 429 g/mol. The third-order valence-electron chi connectivity index (χ3n) is 4.98. The molecule has 1 aromatic carbocycles. The molecule has 164 valence electrons. The number of piperidine rings is 1. The molecule has 0 aliphatic carbocycles. The van der Waals surface area contributed by atoms with Crippen molar-refractivity contribution in [3.63, 3.8) is 0 Å². The minimum Gasteiger partial charge on any atom is -0.485 e. The molecule has 0 aromatic heterocycles. The molecule has 1 aromatic rings. The number of benzene rings is 1. The number of hydrogen-bond acceptors (Lipinski definition) is 4. The van der Waals surface area contributed by atoms with Gasteiger partial charge in [-0.05, 0) is 44.2 Å². The maximum Gasteiger partial charge on any atom is 0.211 e. The molecule has 1 aliphatic rings. The molecule has 0 amide bonds. The van der Waals surface area contributed by atoms with Gasteiger partial charge in [0.2, 0.25) is 10.0 Å². The average Bonchev–Trinajstić information content (AvgIpc) is 2.70. The van der Waals surface area contributed by atoms with Crippen molar-refractivity contribution in [1.29, 1.82) is 0 Å². The zero-order valence-electron chi connectivity index (χ0n) is 17.5. The van der Waals surface area contributed by atoms with Crippen molar-refractivity contribution in [2.75, 3.05) is 39.0 Å². The van der Waals surface area contributed by atoms with Crippen molar-refractivity contribution in [2.45, 2.75) is 39.2 Å². The summed E-state index contributed by atoms with van der Waals surface area (Å²) in [6.45, 7) is 6.97. The number of guanidine groups is 1. The first-order chi connectivity index (χ1) is 13.8. The van der Waals surface area contributed by atoms with E-state index in [2.05, 4.69) is 15.6 Å². The summed E-state index contributed by atoms with van der Waals surface area (Å²) in [6.07, 6.45) is 3.40. The molecule has 7 nitrogen and oxygen atoms in total. The molecule has 1 heterocycles. The Labute approximate surface area is 173 Å². The second kappa shape index (κ2) is 11.3. The molecule has 1 atom stereocenters. The van der Waals surface area contributed by atoms with E-state index >= 15 is 0 Å². The highest BCUT2D eigenvalue weighted by Crippen LogP contribution is 2.19. The normalized spacial score (nSPS) is 17.7. The fraction of sp³-hybridized carbons (Fsp3) is 0.650. The zero-order valence-corrected chi connectivity index (χ0v) is 18.3. The largest absolute Gasteiger partial charge is 0.485 e. The van der Waals surface area contributed by atoms with Crippen LogP contribution in [0, 0.1) is 11.7 Å². The van der Waals surface area contributed by atoms with Crippen LogP contribution in [0.25, 0.3) is 0 Å². The Kier molecular flexibility index (Phi) is 9.16. The van der Waals surface area contributed by atoms with Gasteiger partial charge in [-0.1, -0.05) is 19.1 Å². The number of para-hydroxylation sites is 1. The summed E-state index contributed by atoms with van der Waals surface area (Å²) in [7, 11) is -3.10. The molecule has 1 unspecified atom stereocenters. The van der Waals surface area contributed by atoms with Crippen molar-refractivity contribution in [3.05, 3.63) is 30.1 Å². The van der Waals surface area contributed by atoms with E-state index < -0.39 is 10.0 Å². The van der Waals surface area contributed by atoms with Gasteiger partial charge in [0.15, 0.2) is 17.5 Å². The van der Waals surface area contributed by atoms with Crippen molar-refractivity contribution in [2.24, 2.45) is 10.9 Å². The fourth-order valence-electron chi connectivity index (χ4n) is 3.19. The van der Waals surface area contributed by atoms with Gasteiger partial charge in [-0.2, -0.15) is 0 Å². The van der Waals surface area contributed by atoms with Gasteiger partial charge < -0.3 is 15.4 Å². The molecule has 2 N–H and O–H groups in total. The molecular formula is C20H33FN4O3S. The van der Waals surface area contributed by atoms with Crippen LogP contribution in [0.1, 0.15) is 33.1 Å². The number of rotatable bonds is 9. The third-order valence-corrected chi connectivity index (χ3v) is 6.29. The minimum absolute atomic E-state index is 0.222. The highest BCUT2D eigenvalue weighted by Gasteiger charge is 2.24. The van der Waals surface area contributed by atoms with Crippen molar-refractivity contribution in [3.8, 4) is 5.75 Å². The lowest BCUT2D eigenvalue weighted by Gasteiger charge is -2.30. The van der Waals surface area contributed by atoms with Crippen LogP contribution in [0.15, 0.2) is 29.3 Å². The summed E-state index contributed by atoms with van der Waals surface area (Å²) in [5.74, 6) is 0.952. The van der Waals surface area contributed by atoms with E-state index in [4.69, 9.17) is 4.74 Å². The highest BCUT2D eigenvalue weighted by atomic mass is 32.2. The number of halogens is 1. The SMILES string of the molecule is CCNC(=NCC(CC)Oc1ccccc1F)NCC1CCN(S(C)(=O)=O)CC1. The van der Waals surface area contributed by atoms with Crippen LogP contribution >= 0.6 is 0 Å². The van der Waals surface area contributed by atoms with Crippen LogP contribution < -0.4 is 15.4 Å². The number of nitrogens with one attached hydrogen (secondary N) is 2. The Balaban J connectivity index is 1.86. The standard InChI is InChI=1S/C20H33FN4O3S/c1-4-17(28-19-9-7-6-8-18(19)21)15-24-20(22-5-2)23-14-16-10-12-25(13-11-16)29(3,26)27/h6-9,16-17H,4-5,10-15H2,1-3H3,(H2,22,23,24). The lowest BCUT2D eigenvalue weighted by atomic mass is 9.98. The molecule has 0 bridgehead atoms. The van der Waals surface area contributed by atoms with Gasteiger partial charge >= 0.3 is 0 Å². The van der Waals surface area contributed by atoms with Gasteiger partial charge in [0.05, 0.1) is 12.8 Å². The third kappa shape index (κ3) is 7.81. The van der Waals surface area contributed by atoms with E-state index in [1.165, 1.54) is 16.6 Å². The van der Waals surface area contributed by atoms with Crippen LogP contribution in [0.3, 0.4) is 0 Å². The lowest BCUT2D eigenvalue weighted by Crippen LogP contribution is -2.44. The molecule has 29 heavy (non-hydrogen) atoms. The number of ether oxygens (including phenoxy) is 1. The number of nitrogens with zero attached hydrogens (tertiary/aromatic N) is 2. The lowest BCUT2D eigenvalue weighted by molar-refractivity contribution is 0.196. The van der Waals surface area contributed by atoms with Gasteiger partial charge in [-0.15, -0.1) is 0 Å². The Hall–Kier alpha value is -1.87. The number of sulfonamides is 1. The molecule has 1 saturated heterocycles. The quantitative estimate of drug-likeness (QED) is 0.465. The number of hydrogen-bond donors (Lipinski definition) is 2. The molecule has 0 radical (unpaired) electrons. The second-order valence-electron chi connectivity index (χ2n) is 7.28. The van der Waals surface area contributed by atoms with Gasteiger partial charge in [-0.3, -0.25) is 0 Å². The molecule has 0 saturated carbocycles. The number of aliphatic imine (C=N–C) groups is 1. The monoisotopic (exact) mass is 428 g/mol. The Morgan fingerprint density at radius 2 is 1.97 bits per heavy atom. The Bertz CT molecular complexity index is 765. The van der Waals surface area contributed by atoms with Crippen molar-refractivity contribution < 1.29 is 17.5 Å². The summed E-state index contributed by atoms with van der Waals surface area (Å²) in [5, 5.41) is 6.55. The molecule has 1 aliphatic heterocycles. The Morgan fingerprint density at radius 1 is 1.28 bits per heavy atom. The van der Waals surface area contributed by atoms with Gasteiger partial charge in [-0.25, -0.2) is 22.1 Å². The van der Waals surface area contributed by atoms with Crippen LogP contribution in [0.4, 0.5) is 4.39 Å². The maximum absolute atomic E-state index is 13.8. The molecule has 9 heteroatoms. The van der Waals surface area contributed by atoms with Crippen molar-refractivity contribution in [1.82, 2.24) is 14.9 Å². The molecular weight excluding hydrogens is 395 g/mol. The topological polar surface area (TPSA) is 83.0 Å². The van der Waals surface area contributed by atoms with Gasteiger partial charge in [0, 0.05) is 26.2 Å². The van der Waals surface area contributed by atoms with Crippen LogP contribution in [-0.4, -0.2) is 63.8 Å². The zero-order chi connectivity index (χ0) is 21.3. The summed E-state index contributed by atoms with van der Waals surface area (Å²) in [4.78, 5) is 4.59. The molecule has 1 fully saturated rings. The maximum atomic E-state index is 13.8. The minimum atomic E-state index is -3.10. The summed E-state index contributed by atoms with van der Waals surface area (Å²) >= 11 is 0. The first-order valence-corrected chi connectivity index (χ1v) is 12.1. The van der Waals surface area contributed by atoms with Crippen LogP contribution in [0.5, 0.6) is 5.75 Å². The predicted molar refractivity (Wildman–Crippen MR) is 114 cm³/mol.